The lowest BCUT2D eigenvalue weighted by molar-refractivity contribution is -0.143. The van der Waals surface area contributed by atoms with Gasteiger partial charge < -0.3 is 5.32 Å². The minimum Gasteiger partial charge on any atom is -0.307 e. The van der Waals surface area contributed by atoms with Gasteiger partial charge in [0.15, 0.2) is 0 Å². The van der Waals surface area contributed by atoms with Crippen LogP contribution in [0, 0.1) is 6.07 Å². The largest absolute Gasteiger partial charge is 0.416 e. The molecule has 0 heterocycles. The molecular formula is C15H9F6N2OS. The summed E-state index contributed by atoms with van der Waals surface area (Å²) in [6.45, 7) is 0. The number of anilines is 2. The number of nitrogens with one attached hydrogen (secondary N) is 1. The highest BCUT2D eigenvalue weighted by Crippen LogP contribution is 2.37. The molecule has 0 unspecified atom stereocenters. The standard InChI is InChI=1S/C15H9F6N2OS/c16-14(17,18)9-6-10(15(19,20)21)8-11(7-9)22-13(24)23(25)12-4-2-1-3-5-12/h2-8,25H,(H,22,24). The van der Waals surface area contributed by atoms with Crippen molar-refractivity contribution in [3.05, 3.63) is 59.7 Å². The molecule has 133 valence electrons. The van der Waals surface area contributed by atoms with E-state index in [9.17, 15) is 31.1 Å². The van der Waals surface area contributed by atoms with Crippen molar-refractivity contribution < 1.29 is 31.1 Å². The smallest absolute Gasteiger partial charge is 0.307 e. The number of alkyl halides is 6. The van der Waals surface area contributed by atoms with Crippen LogP contribution in [0.15, 0.2) is 42.5 Å². The zero-order chi connectivity index (χ0) is 18.8. The van der Waals surface area contributed by atoms with Crippen LogP contribution < -0.4 is 9.62 Å². The second-order valence-electron chi connectivity index (χ2n) is 4.79. The van der Waals surface area contributed by atoms with Crippen molar-refractivity contribution in [2.45, 2.75) is 12.4 Å². The lowest BCUT2D eigenvalue weighted by Gasteiger charge is -2.18. The molecule has 0 saturated heterocycles. The molecule has 0 aliphatic carbocycles. The first kappa shape index (κ1) is 19.0. The van der Waals surface area contributed by atoms with E-state index in [1.807, 2.05) is 5.32 Å². The van der Waals surface area contributed by atoms with E-state index in [4.69, 9.17) is 0 Å². The number of halogens is 6. The summed E-state index contributed by atoms with van der Waals surface area (Å²) in [5.41, 5.74) is -3.47. The maximum absolute atomic E-state index is 12.8. The van der Waals surface area contributed by atoms with Gasteiger partial charge in [0.05, 0.1) is 16.8 Å². The lowest BCUT2D eigenvalue weighted by atomic mass is 10.1. The van der Waals surface area contributed by atoms with Crippen molar-refractivity contribution in [2.75, 3.05) is 9.62 Å². The van der Waals surface area contributed by atoms with E-state index in [0.717, 1.165) is 4.31 Å². The number of thiol groups is 1. The highest BCUT2D eigenvalue weighted by molar-refractivity contribution is 7.82. The Morgan fingerprint density at radius 1 is 0.960 bits per heavy atom. The Morgan fingerprint density at radius 2 is 1.44 bits per heavy atom. The molecule has 0 aromatic heterocycles. The molecule has 1 N–H and O–H groups in total. The number of amides is 2. The third-order valence-electron chi connectivity index (χ3n) is 2.98. The van der Waals surface area contributed by atoms with Crippen LogP contribution in [0.2, 0.25) is 0 Å². The molecule has 2 aromatic rings. The lowest BCUT2D eigenvalue weighted by Crippen LogP contribution is -2.27. The van der Waals surface area contributed by atoms with Crippen molar-refractivity contribution >= 4 is 30.2 Å². The van der Waals surface area contributed by atoms with Gasteiger partial charge in [0, 0.05) is 5.69 Å². The zero-order valence-electron chi connectivity index (χ0n) is 12.1. The number of carbonyl (C=O) groups is 1. The average Bonchev–Trinajstić information content (AvgIpc) is 2.53. The third kappa shape index (κ3) is 4.81. The average molecular weight is 379 g/mol. The monoisotopic (exact) mass is 379 g/mol. The number of urea groups is 1. The summed E-state index contributed by atoms with van der Waals surface area (Å²) >= 11 is 3.87. The Morgan fingerprint density at radius 3 is 1.88 bits per heavy atom. The van der Waals surface area contributed by atoms with Gasteiger partial charge in [-0.25, -0.2) is 9.10 Å². The predicted octanol–water partition coefficient (Wildman–Crippen LogP) is 5.41. The molecule has 1 radical (unpaired) electrons. The fourth-order valence-corrected chi connectivity index (χ4v) is 2.02. The van der Waals surface area contributed by atoms with E-state index in [1.54, 1.807) is 0 Å². The minimum atomic E-state index is -5.00. The molecule has 2 rings (SSSR count). The maximum atomic E-state index is 12.8. The van der Waals surface area contributed by atoms with E-state index in [0.29, 0.717) is 12.1 Å². The maximum Gasteiger partial charge on any atom is 0.416 e. The van der Waals surface area contributed by atoms with Crippen molar-refractivity contribution in [1.82, 2.24) is 0 Å². The molecule has 2 amide bonds. The van der Waals surface area contributed by atoms with E-state index < -0.39 is 35.2 Å². The quantitative estimate of drug-likeness (QED) is 0.531. The molecule has 25 heavy (non-hydrogen) atoms. The molecule has 0 aliphatic rings. The van der Waals surface area contributed by atoms with Gasteiger partial charge in [-0.1, -0.05) is 24.9 Å². The summed E-state index contributed by atoms with van der Waals surface area (Å²) in [5.74, 6) is 0. The van der Waals surface area contributed by atoms with Crippen molar-refractivity contribution in [2.24, 2.45) is 0 Å². The van der Waals surface area contributed by atoms with Crippen LogP contribution in [-0.2, 0) is 12.4 Å². The Balaban J connectivity index is 2.33. The van der Waals surface area contributed by atoms with Gasteiger partial charge in [0.2, 0.25) is 0 Å². The summed E-state index contributed by atoms with van der Waals surface area (Å²) in [5, 5.41) is 1.97. The Hall–Kier alpha value is -2.36. The summed E-state index contributed by atoms with van der Waals surface area (Å²) in [6.07, 6.45) is -10.0. The minimum absolute atomic E-state index is 0.0266. The van der Waals surface area contributed by atoms with Gasteiger partial charge in [-0.15, -0.1) is 0 Å². The Kier molecular flexibility index (Phi) is 5.21. The fraction of sp³-hybridized carbons (Fsp3) is 0.133. The van der Waals surface area contributed by atoms with E-state index >= 15 is 0 Å². The van der Waals surface area contributed by atoms with Crippen LogP contribution in [0.25, 0.3) is 0 Å². The van der Waals surface area contributed by atoms with E-state index in [1.165, 1.54) is 24.3 Å². The summed E-state index contributed by atoms with van der Waals surface area (Å²) < 4.78 is 77.5. The van der Waals surface area contributed by atoms with Crippen LogP contribution in [0.3, 0.4) is 0 Å². The molecule has 0 aliphatic heterocycles. The topological polar surface area (TPSA) is 32.3 Å². The van der Waals surface area contributed by atoms with Gasteiger partial charge in [-0.2, -0.15) is 26.3 Å². The highest BCUT2D eigenvalue weighted by Gasteiger charge is 2.37. The number of carbonyl (C=O) groups excluding carboxylic acids is 1. The first-order valence-corrected chi connectivity index (χ1v) is 6.94. The molecule has 3 nitrogen and oxygen atoms in total. The SMILES string of the molecule is O=C(Nc1cc(C(F)(F)F)cc(C(F)(F)F)c1)N(S)c1cc[c]cc1. The van der Waals surface area contributed by atoms with Crippen LogP contribution in [0.4, 0.5) is 42.5 Å². The normalized spacial score (nSPS) is 12.0. The molecule has 0 fully saturated rings. The number of rotatable bonds is 2. The van der Waals surface area contributed by atoms with Crippen molar-refractivity contribution in [1.29, 1.82) is 0 Å². The van der Waals surface area contributed by atoms with Gasteiger partial charge in [0.25, 0.3) is 0 Å². The van der Waals surface area contributed by atoms with Crippen molar-refractivity contribution in [3.63, 3.8) is 0 Å². The van der Waals surface area contributed by atoms with E-state index in [2.05, 4.69) is 18.9 Å². The van der Waals surface area contributed by atoms with Crippen LogP contribution in [0.5, 0.6) is 0 Å². The third-order valence-corrected chi connectivity index (χ3v) is 3.39. The Labute approximate surface area is 143 Å². The van der Waals surface area contributed by atoms with Gasteiger partial charge >= 0.3 is 18.4 Å². The number of nitrogens with zero attached hydrogens (tertiary/aromatic N) is 1. The molecule has 0 bridgehead atoms. The van der Waals surface area contributed by atoms with Gasteiger partial charge in [-0.05, 0) is 36.4 Å². The van der Waals surface area contributed by atoms with Crippen LogP contribution in [-0.4, -0.2) is 6.03 Å². The second kappa shape index (κ2) is 6.87. The predicted molar refractivity (Wildman–Crippen MR) is 82.2 cm³/mol. The van der Waals surface area contributed by atoms with E-state index in [-0.39, 0.29) is 11.8 Å². The highest BCUT2D eigenvalue weighted by atomic mass is 32.1. The summed E-state index contributed by atoms with van der Waals surface area (Å²) in [6, 6.07) is 8.22. The molecule has 2 aromatic carbocycles. The van der Waals surface area contributed by atoms with Gasteiger partial charge in [-0.3, -0.25) is 0 Å². The number of benzene rings is 2. The summed E-state index contributed by atoms with van der Waals surface area (Å²) in [7, 11) is 0. The number of hydrogen-bond donors (Lipinski definition) is 2. The number of hydrogen-bond acceptors (Lipinski definition) is 2. The molecule has 10 heteroatoms. The second-order valence-corrected chi connectivity index (χ2v) is 5.19. The first-order chi connectivity index (χ1) is 11.5. The first-order valence-electron chi connectivity index (χ1n) is 6.54. The molecule has 0 saturated carbocycles. The van der Waals surface area contributed by atoms with Crippen LogP contribution >= 0.6 is 12.8 Å². The molecule has 0 atom stereocenters. The van der Waals surface area contributed by atoms with Crippen molar-refractivity contribution in [3.8, 4) is 0 Å². The zero-order valence-corrected chi connectivity index (χ0v) is 13.0. The summed E-state index contributed by atoms with van der Waals surface area (Å²) in [4.78, 5) is 12.0. The molecular weight excluding hydrogens is 370 g/mol. The van der Waals surface area contributed by atoms with Gasteiger partial charge in [0.1, 0.15) is 0 Å². The fourth-order valence-electron chi connectivity index (χ4n) is 1.84. The van der Waals surface area contributed by atoms with Crippen LogP contribution in [0.1, 0.15) is 11.1 Å². The molecule has 0 spiro atoms. The Bertz CT molecular complexity index is 729.